The number of ether oxygens (including phenoxy) is 3. The summed E-state index contributed by atoms with van der Waals surface area (Å²) in [5.74, 6) is -0.508. The summed E-state index contributed by atoms with van der Waals surface area (Å²) in [7, 11) is 1.67. The molecule has 0 radical (unpaired) electrons. The Morgan fingerprint density at radius 3 is 2.40 bits per heavy atom. The summed E-state index contributed by atoms with van der Waals surface area (Å²) in [6, 6.07) is 4.04. The van der Waals surface area contributed by atoms with Gasteiger partial charge in [-0.05, 0) is 82.9 Å². The maximum atomic E-state index is 13.2. The van der Waals surface area contributed by atoms with Gasteiger partial charge in [0.15, 0.2) is 11.6 Å². The molecule has 2 N–H and O–H groups in total. The predicted octanol–water partition coefficient (Wildman–Crippen LogP) is 5.64. The predicted molar refractivity (Wildman–Crippen MR) is 154 cm³/mol. The summed E-state index contributed by atoms with van der Waals surface area (Å²) >= 11 is 0. The third-order valence-electron chi connectivity index (χ3n) is 9.00. The number of imidazole rings is 1. The van der Waals surface area contributed by atoms with Crippen LogP contribution >= 0.6 is 0 Å². The van der Waals surface area contributed by atoms with E-state index in [9.17, 15) is 4.79 Å². The lowest BCUT2D eigenvalue weighted by Crippen LogP contribution is -2.46. The average molecular weight is 548 g/mol. The molecule has 3 aliphatic heterocycles. The lowest BCUT2D eigenvalue weighted by atomic mass is 9.77. The molecule has 6 rings (SSSR count). The number of carbonyl (C=O) groups excluding carboxylic acids is 1. The number of carbonyl (C=O) groups is 1. The van der Waals surface area contributed by atoms with E-state index < -0.39 is 17.0 Å². The molecule has 2 aromatic rings. The normalized spacial score (nSPS) is 34.1. The minimum atomic E-state index is -0.612. The number of aliphatic imine (C=N–C) groups is 1. The van der Waals surface area contributed by atoms with Crippen molar-refractivity contribution < 1.29 is 19.0 Å². The van der Waals surface area contributed by atoms with Gasteiger partial charge in [0, 0.05) is 31.1 Å². The number of aromatic amines is 1. The monoisotopic (exact) mass is 547 g/mol. The topological polar surface area (TPSA) is 111 Å². The molecule has 3 fully saturated rings. The minimum Gasteiger partial charge on any atom is -0.363 e. The van der Waals surface area contributed by atoms with E-state index >= 15 is 0 Å². The largest absolute Gasteiger partial charge is 0.363 e. The van der Waals surface area contributed by atoms with Crippen molar-refractivity contribution in [3.05, 3.63) is 47.3 Å². The third-order valence-corrected chi connectivity index (χ3v) is 9.00. The zero-order valence-electron chi connectivity index (χ0n) is 24.6. The van der Waals surface area contributed by atoms with E-state index in [1.807, 2.05) is 26.0 Å². The Morgan fingerprint density at radius 1 is 1.07 bits per heavy atom. The number of rotatable bonds is 5. The van der Waals surface area contributed by atoms with Crippen LogP contribution in [0.1, 0.15) is 107 Å². The molecule has 4 aliphatic rings. The molecule has 214 valence electrons. The van der Waals surface area contributed by atoms with Gasteiger partial charge in [0.2, 0.25) is 0 Å². The van der Waals surface area contributed by atoms with Crippen LogP contribution in [0.2, 0.25) is 0 Å². The highest BCUT2D eigenvalue weighted by Gasteiger charge is 2.68. The molecule has 2 bridgehead atoms. The number of allylic oxidation sites excluding steroid dienone is 2. The summed E-state index contributed by atoms with van der Waals surface area (Å²) in [6.07, 6.45) is 9.87. The van der Waals surface area contributed by atoms with Gasteiger partial charge < -0.3 is 24.5 Å². The van der Waals surface area contributed by atoms with Crippen LogP contribution in [0.5, 0.6) is 0 Å². The summed E-state index contributed by atoms with van der Waals surface area (Å²) in [6.45, 7) is 12.8. The fraction of sp³-hybridized carbons (Fsp3) is 0.613. The maximum absolute atomic E-state index is 13.2. The Balaban J connectivity index is 1.32. The van der Waals surface area contributed by atoms with Gasteiger partial charge in [-0.15, -0.1) is 0 Å². The van der Waals surface area contributed by atoms with Crippen LogP contribution in [0, 0.1) is 5.41 Å². The highest BCUT2D eigenvalue weighted by molar-refractivity contribution is 6.03. The molecule has 9 nitrogen and oxygen atoms in total. The fourth-order valence-electron chi connectivity index (χ4n) is 7.05. The van der Waals surface area contributed by atoms with Crippen molar-refractivity contribution in [1.82, 2.24) is 15.0 Å². The number of nitrogens with one attached hydrogen (secondary N) is 2. The second-order valence-electron chi connectivity index (χ2n) is 13.6. The molecular formula is C31H41N5O4. The standard InChI is InChI=1S/C31H41N5O4/c1-28(2)12-10-18(11-13-28)23-22(36-27(37)26-33-17-20(34-26)16-32-7)9-8-21(35-23)19-14-30(5)24-25(31(6,15-19)40-30)39-29(3,4)38-24/h8-10,16-17,19,24-25H,11-15H2,1-7H3,(H,33,34)(H,36,37)/b32-16+/t19-,24-,25+,30+,31-. The smallest absolute Gasteiger partial charge is 0.291 e. The van der Waals surface area contributed by atoms with E-state index in [-0.39, 0.29) is 35.3 Å². The molecular weight excluding hydrogens is 506 g/mol. The molecule has 40 heavy (non-hydrogen) atoms. The Morgan fingerprint density at radius 2 is 1.77 bits per heavy atom. The zero-order valence-corrected chi connectivity index (χ0v) is 24.6. The molecule has 3 saturated heterocycles. The van der Waals surface area contributed by atoms with Gasteiger partial charge >= 0.3 is 0 Å². The Kier molecular flexibility index (Phi) is 6.36. The molecule has 0 aromatic carbocycles. The van der Waals surface area contributed by atoms with Crippen LogP contribution < -0.4 is 5.32 Å². The number of anilines is 1. The lowest BCUT2D eigenvalue weighted by Gasteiger charge is -2.43. The van der Waals surface area contributed by atoms with Gasteiger partial charge in [-0.1, -0.05) is 19.9 Å². The van der Waals surface area contributed by atoms with Gasteiger partial charge in [0.1, 0.15) is 12.2 Å². The molecule has 5 heterocycles. The third kappa shape index (κ3) is 4.82. The summed E-state index contributed by atoms with van der Waals surface area (Å²) in [5.41, 5.74) is 3.66. The number of nitrogens with zero attached hydrogens (tertiary/aromatic N) is 3. The van der Waals surface area contributed by atoms with Gasteiger partial charge in [-0.3, -0.25) is 14.8 Å². The summed E-state index contributed by atoms with van der Waals surface area (Å²) < 4.78 is 19.3. The van der Waals surface area contributed by atoms with Gasteiger partial charge in [0.05, 0.1) is 28.3 Å². The van der Waals surface area contributed by atoms with E-state index in [1.165, 1.54) is 5.57 Å². The highest BCUT2D eigenvalue weighted by atomic mass is 16.8. The first-order valence-electron chi connectivity index (χ1n) is 14.3. The Hall–Kier alpha value is -2.88. The molecule has 1 aliphatic carbocycles. The number of aromatic nitrogens is 3. The first-order valence-corrected chi connectivity index (χ1v) is 14.3. The van der Waals surface area contributed by atoms with Crippen molar-refractivity contribution in [3.63, 3.8) is 0 Å². The van der Waals surface area contributed by atoms with E-state index in [4.69, 9.17) is 19.2 Å². The van der Waals surface area contributed by atoms with Crippen molar-refractivity contribution in [2.24, 2.45) is 10.4 Å². The van der Waals surface area contributed by atoms with Crippen LogP contribution in [0.15, 0.2) is 29.4 Å². The van der Waals surface area contributed by atoms with Crippen LogP contribution in [-0.2, 0) is 14.2 Å². The Bertz CT molecular complexity index is 1370. The minimum absolute atomic E-state index is 0.116. The number of hydrogen-bond donors (Lipinski definition) is 2. The molecule has 0 spiro atoms. The summed E-state index contributed by atoms with van der Waals surface area (Å²) in [4.78, 5) is 29.7. The quantitative estimate of drug-likeness (QED) is 0.469. The van der Waals surface area contributed by atoms with Crippen molar-refractivity contribution >= 4 is 23.4 Å². The molecule has 9 heteroatoms. The zero-order chi connectivity index (χ0) is 28.5. The van der Waals surface area contributed by atoms with Crippen molar-refractivity contribution in [2.75, 3.05) is 12.4 Å². The highest BCUT2D eigenvalue weighted by Crippen LogP contribution is 2.58. The number of H-pyrrole nitrogens is 1. The molecule has 2 aromatic heterocycles. The fourth-order valence-corrected chi connectivity index (χ4v) is 7.05. The Labute approximate surface area is 236 Å². The molecule has 0 unspecified atom stereocenters. The van der Waals surface area contributed by atoms with Gasteiger partial charge in [0.25, 0.3) is 5.91 Å². The molecule has 5 atom stereocenters. The second kappa shape index (κ2) is 9.33. The van der Waals surface area contributed by atoms with Crippen LogP contribution in [0.25, 0.3) is 5.57 Å². The van der Waals surface area contributed by atoms with E-state index in [2.05, 4.69) is 54.0 Å². The lowest BCUT2D eigenvalue weighted by molar-refractivity contribution is -0.242. The van der Waals surface area contributed by atoms with Gasteiger partial charge in [-0.25, -0.2) is 4.98 Å². The van der Waals surface area contributed by atoms with E-state index in [0.717, 1.165) is 43.5 Å². The first-order chi connectivity index (χ1) is 18.8. The number of amides is 1. The number of fused-ring (bicyclic) bond motifs is 5. The van der Waals surface area contributed by atoms with Crippen LogP contribution in [-0.4, -0.2) is 63.3 Å². The van der Waals surface area contributed by atoms with Crippen LogP contribution in [0.4, 0.5) is 5.69 Å². The van der Waals surface area contributed by atoms with Crippen LogP contribution in [0.3, 0.4) is 0 Å². The first kappa shape index (κ1) is 27.3. The van der Waals surface area contributed by atoms with E-state index in [1.54, 1.807) is 19.5 Å². The maximum Gasteiger partial charge on any atom is 0.291 e. The SMILES string of the molecule is C/N=C/c1c[nH]c(C(=O)Nc2ccc([C@H]3C[C@@]4(C)O[C@@](C)(C3)[C@@H]3OC(C)(C)O[C@@H]34)nc2C2=CCC(C)(C)CC2)n1. The summed E-state index contributed by atoms with van der Waals surface area (Å²) in [5, 5.41) is 3.07. The van der Waals surface area contributed by atoms with Crippen molar-refractivity contribution in [2.45, 2.75) is 109 Å². The van der Waals surface area contributed by atoms with Gasteiger partial charge in [-0.2, -0.15) is 0 Å². The molecule has 0 saturated carbocycles. The second-order valence-corrected chi connectivity index (χ2v) is 13.6. The van der Waals surface area contributed by atoms with E-state index in [0.29, 0.717) is 11.4 Å². The number of hydrogen-bond acceptors (Lipinski definition) is 7. The number of pyridine rings is 1. The molecule has 1 amide bonds. The average Bonchev–Trinajstić information content (AvgIpc) is 3.52. The van der Waals surface area contributed by atoms with Crippen molar-refractivity contribution in [3.8, 4) is 0 Å². The van der Waals surface area contributed by atoms with Crippen molar-refractivity contribution in [1.29, 1.82) is 0 Å².